The molecule has 2 aliphatic rings. The van der Waals surface area contributed by atoms with Crippen LogP contribution in [0, 0.1) is 0 Å². The summed E-state index contributed by atoms with van der Waals surface area (Å²) < 4.78 is 5.43. The molecule has 1 atom stereocenters. The third-order valence-electron chi connectivity index (χ3n) is 4.35. The Balaban J connectivity index is 1.65. The second-order valence-electron chi connectivity index (χ2n) is 5.52. The van der Waals surface area contributed by atoms with Crippen molar-refractivity contribution >= 4 is 17.3 Å². The molecular formula is C15H22ClN3O. The van der Waals surface area contributed by atoms with Gasteiger partial charge >= 0.3 is 0 Å². The van der Waals surface area contributed by atoms with Gasteiger partial charge in [-0.05, 0) is 24.1 Å². The molecular weight excluding hydrogens is 274 g/mol. The number of hydrogen-bond donors (Lipinski definition) is 1. The van der Waals surface area contributed by atoms with E-state index in [0.29, 0.717) is 12.6 Å². The standard InChI is InChI=1S/C15H22ClN3O/c16-15-9-13(2-1-12(15)10-17)19-4-3-14(11-19)18-5-7-20-8-6-18/h1-2,9,14H,3-8,10-11,17H2. The lowest BCUT2D eigenvalue weighted by atomic mass is 10.2. The number of nitrogens with two attached hydrogens (primary N) is 1. The van der Waals surface area contributed by atoms with Gasteiger partial charge in [0.05, 0.1) is 13.2 Å². The minimum atomic E-state index is 0.496. The predicted molar refractivity (Wildman–Crippen MR) is 82.4 cm³/mol. The van der Waals surface area contributed by atoms with Gasteiger partial charge in [0.25, 0.3) is 0 Å². The van der Waals surface area contributed by atoms with Gasteiger partial charge in [0.1, 0.15) is 0 Å². The van der Waals surface area contributed by atoms with Crippen LogP contribution in [0.3, 0.4) is 0 Å². The van der Waals surface area contributed by atoms with Crippen LogP contribution in [0.5, 0.6) is 0 Å². The molecule has 0 aromatic heterocycles. The summed E-state index contributed by atoms with van der Waals surface area (Å²) in [6.07, 6.45) is 1.22. The molecule has 2 N–H and O–H groups in total. The van der Waals surface area contributed by atoms with E-state index in [2.05, 4.69) is 15.9 Å². The lowest BCUT2D eigenvalue weighted by Crippen LogP contribution is -2.44. The maximum absolute atomic E-state index is 6.26. The van der Waals surface area contributed by atoms with Crippen molar-refractivity contribution in [1.82, 2.24) is 4.90 Å². The number of nitrogens with zero attached hydrogens (tertiary/aromatic N) is 2. The molecule has 2 heterocycles. The monoisotopic (exact) mass is 295 g/mol. The zero-order valence-corrected chi connectivity index (χ0v) is 12.5. The number of benzene rings is 1. The Morgan fingerprint density at radius 2 is 2.05 bits per heavy atom. The molecule has 0 radical (unpaired) electrons. The summed E-state index contributed by atoms with van der Waals surface area (Å²) in [5.74, 6) is 0. The van der Waals surface area contributed by atoms with Crippen molar-refractivity contribution in [1.29, 1.82) is 0 Å². The van der Waals surface area contributed by atoms with E-state index in [4.69, 9.17) is 22.1 Å². The second-order valence-corrected chi connectivity index (χ2v) is 5.92. The molecule has 4 nitrogen and oxygen atoms in total. The van der Waals surface area contributed by atoms with E-state index in [1.54, 1.807) is 0 Å². The minimum Gasteiger partial charge on any atom is -0.379 e. The van der Waals surface area contributed by atoms with Crippen LogP contribution >= 0.6 is 11.6 Å². The Bertz CT molecular complexity index is 462. The van der Waals surface area contributed by atoms with Crippen LogP contribution in [0.25, 0.3) is 0 Å². The first-order valence-corrected chi connectivity index (χ1v) is 7.71. The maximum Gasteiger partial charge on any atom is 0.0594 e. The highest BCUT2D eigenvalue weighted by molar-refractivity contribution is 6.31. The minimum absolute atomic E-state index is 0.496. The second kappa shape index (κ2) is 6.31. The van der Waals surface area contributed by atoms with Crippen molar-refractivity contribution in [3.8, 4) is 0 Å². The highest BCUT2D eigenvalue weighted by atomic mass is 35.5. The van der Waals surface area contributed by atoms with Crippen molar-refractivity contribution < 1.29 is 4.74 Å². The third kappa shape index (κ3) is 2.93. The molecule has 3 rings (SSSR count). The Morgan fingerprint density at radius 1 is 1.25 bits per heavy atom. The summed E-state index contributed by atoms with van der Waals surface area (Å²) in [4.78, 5) is 4.98. The molecule has 2 aliphatic heterocycles. The van der Waals surface area contributed by atoms with E-state index < -0.39 is 0 Å². The summed E-state index contributed by atoms with van der Waals surface area (Å²) in [5, 5.41) is 0.778. The van der Waals surface area contributed by atoms with Crippen LogP contribution in [-0.4, -0.2) is 50.3 Å². The van der Waals surface area contributed by atoms with Gasteiger partial charge in [0.15, 0.2) is 0 Å². The zero-order chi connectivity index (χ0) is 13.9. The molecule has 1 aromatic rings. The van der Waals surface area contributed by atoms with E-state index in [9.17, 15) is 0 Å². The number of hydrogen-bond acceptors (Lipinski definition) is 4. The van der Waals surface area contributed by atoms with E-state index in [0.717, 1.165) is 50.0 Å². The quantitative estimate of drug-likeness (QED) is 0.922. The summed E-state index contributed by atoms with van der Waals surface area (Å²) in [7, 11) is 0. The molecule has 0 saturated carbocycles. The Morgan fingerprint density at radius 3 is 2.75 bits per heavy atom. The fourth-order valence-corrected chi connectivity index (χ4v) is 3.37. The van der Waals surface area contributed by atoms with E-state index >= 15 is 0 Å². The van der Waals surface area contributed by atoms with Crippen LogP contribution in [-0.2, 0) is 11.3 Å². The van der Waals surface area contributed by atoms with E-state index in [-0.39, 0.29) is 0 Å². The number of anilines is 1. The molecule has 0 aliphatic carbocycles. The van der Waals surface area contributed by atoms with Crippen LogP contribution in [0.1, 0.15) is 12.0 Å². The van der Waals surface area contributed by atoms with Gasteiger partial charge in [0, 0.05) is 49.5 Å². The number of rotatable bonds is 3. The number of halogens is 1. The normalized spacial score (nSPS) is 24.3. The van der Waals surface area contributed by atoms with Gasteiger partial charge in [-0.2, -0.15) is 0 Å². The molecule has 2 saturated heterocycles. The Labute approximate surface area is 125 Å². The Kier molecular flexibility index (Phi) is 4.46. The lowest BCUT2D eigenvalue weighted by Gasteiger charge is -2.32. The highest BCUT2D eigenvalue weighted by Gasteiger charge is 2.28. The molecule has 0 amide bonds. The van der Waals surface area contributed by atoms with Crippen LogP contribution < -0.4 is 10.6 Å². The van der Waals surface area contributed by atoms with Crippen molar-refractivity contribution in [2.45, 2.75) is 19.0 Å². The first kappa shape index (κ1) is 14.1. The van der Waals surface area contributed by atoms with Gasteiger partial charge in [-0.25, -0.2) is 0 Å². The van der Waals surface area contributed by atoms with Gasteiger partial charge in [-0.1, -0.05) is 17.7 Å². The molecule has 110 valence electrons. The summed E-state index contributed by atoms with van der Waals surface area (Å²) in [6, 6.07) is 6.87. The molecule has 1 aromatic carbocycles. The molecule has 0 bridgehead atoms. The molecule has 20 heavy (non-hydrogen) atoms. The predicted octanol–water partition coefficient (Wildman–Crippen LogP) is 1.71. The van der Waals surface area contributed by atoms with Gasteiger partial charge in [-0.3, -0.25) is 4.90 Å². The van der Waals surface area contributed by atoms with Gasteiger partial charge in [0.2, 0.25) is 0 Å². The Hall–Kier alpha value is -0.810. The van der Waals surface area contributed by atoms with Gasteiger partial charge < -0.3 is 15.4 Å². The van der Waals surface area contributed by atoms with Crippen LogP contribution in [0.2, 0.25) is 5.02 Å². The first-order valence-electron chi connectivity index (χ1n) is 7.33. The molecule has 0 spiro atoms. The van der Waals surface area contributed by atoms with E-state index in [1.165, 1.54) is 12.1 Å². The molecule has 5 heteroatoms. The van der Waals surface area contributed by atoms with Crippen molar-refractivity contribution in [2.24, 2.45) is 5.73 Å². The fourth-order valence-electron chi connectivity index (χ4n) is 3.12. The summed E-state index contributed by atoms with van der Waals surface area (Å²) in [5.41, 5.74) is 7.88. The smallest absolute Gasteiger partial charge is 0.0594 e. The SMILES string of the molecule is NCc1ccc(N2CCC(N3CCOCC3)C2)cc1Cl. The highest BCUT2D eigenvalue weighted by Crippen LogP contribution is 2.27. The first-order chi connectivity index (χ1) is 9.78. The van der Waals surface area contributed by atoms with Crippen molar-refractivity contribution in [2.75, 3.05) is 44.3 Å². The van der Waals surface area contributed by atoms with Gasteiger partial charge in [-0.15, -0.1) is 0 Å². The lowest BCUT2D eigenvalue weighted by molar-refractivity contribution is 0.0209. The number of ether oxygens (including phenoxy) is 1. The van der Waals surface area contributed by atoms with Crippen molar-refractivity contribution in [3.05, 3.63) is 28.8 Å². The average Bonchev–Trinajstić information content (AvgIpc) is 2.98. The maximum atomic E-state index is 6.26. The van der Waals surface area contributed by atoms with E-state index in [1.807, 2.05) is 12.1 Å². The summed E-state index contributed by atoms with van der Waals surface area (Å²) >= 11 is 6.26. The summed E-state index contributed by atoms with van der Waals surface area (Å²) in [6.45, 7) is 6.53. The molecule has 2 fully saturated rings. The topological polar surface area (TPSA) is 41.7 Å². The van der Waals surface area contributed by atoms with Crippen molar-refractivity contribution in [3.63, 3.8) is 0 Å². The van der Waals surface area contributed by atoms with Crippen LogP contribution in [0.4, 0.5) is 5.69 Å². The number of morpholine rings is 1. The fraction of sp³-hybridized carbons (Fsp3) is 0.600. The van der Waals surface area contributed by atoms with Crippen LogP contribution in [0.15, 0.2) is 18.2 Å². The largest absolute Gasteiger partial charge is 0.379 e. The third-order valence-corrected chi connectivity index (χ3v) is 4.70. The average molecular weight is 296 g/mol. The molecule has 1 unspecified atom stereocenters. The zero-order valence-electron chi connectivity index (χ0n) is 11.7.